The van der Waals surface area contributed by atoms with E-state index < -0.39 is 17.4 Å². The Bertz CT molecular complexity index is 412. The van der Waals surface area contributed by atoms with E-state index in [0.717, 1.165) is 32.1 Å². The van der Waals surface area contributed by atoms with Crippen molar-refractivity contribution in [3.05, 3.63) is 11.6 Å². The molecule has 23 heavy (non-hydrogen) atoms. The first kappa shape index (κ1) is 21.7. The van der Waals surface area contributed by atoms with E-state index in [0.29, 0.717) is 12.8 Å². The SMILES string of the molecule is CCCCC(CC)C(CCCC)(C(=O)O)C(=CC(C)C)C(=O)O. The van der Waals surface area contributed by atoms with Crippen LogP contribution in [0.25, 0.3) is 0 Å². The van der Waals surface area contributed by atoms with E-state index >= 15 is 0 Å². The second-order valence-electron chi connectivity index (χ2n) is 6.76. The molecule has 134 valence electrons. The zero-order valence-electron chi connectivity index (χ0n) is 15.4. The molecule has 0 heterocycles. The van der Waals surface area contributed by atoms with Crippen LogP contribution in [0.3, 0.4) is 0 Å². The van der Waals surface area contributed by atoms with Crippen LogP contribution in [0, 0.1) is 17.3 Å². The van der Waals surface area contributed by atoms with Crippen LogP contribution >= 0.6 is 0 Å². The summed E-state index contributed by atoms with van der Waals surface area (Å²) in [6.07, 6.45) is 6.95. The van der Waals surface area contributed by atoms with Crippen molar-refractivity contribution in [3.63, 3.8) is 0 Å². The molecule has 0 spiro atoms. The molecule has 0 aliphatic carbocycles. The summed E-state index contributed by atoms with van der Waals surface area (Å²) in [5, 5.41) is 19.8. The van der Waals surface area contributed by atoms with Gasteiger partial charge >= 0.3 is 11.9 Å². The van der Waals surface area contributed by atoms with Gasteiger partial charge in [-0.1, -0.05) is 72.8 Å². The van der Waals surface area contributed by atoms with E-state index in [1.54, 1.807) is 6.08 Å². The summed E-state index contributed by atoms with van der Waals surface area (Å²) in [6.45, 7) is 9.83. The van der Waals surface area contributed by atoms with Gasteiger partial charge in [-0.3, -0.25) is 4.79 Å². The highest BCUT2D eigenvalue weighted by atomic mass is 16.4. The molecule has 2 atom stereocenters. The molecule has 4 heteroatoms. The van der Waals surface area contributed by atoms with Crippen LogP contribution < -0.4 is 0 Å². The highest BCUT2D eigenvalue weighted by Gasteiger charge is 2.49. The minimum absolute atomic E-state index is 0.00475. The molecule has 0 bridgehead atoms. The smallest absolute Gasteiger partial charge is 0.332 e. The molecule has 0 saturated carbocycles. The molecule has 2 N–H and O–H groups in total. The van der Waals surface area contributed by atoms with Crippen molar-refractivity contribution >= 4 is 11.9 Å². The minimum atomic E-state index is -1.28. The second-order valence-corrected chi connectivity index (χ2v) is 6.76. The Kier molecular flexibility index (Phi) is 9.85. The maximum Gasteiger partial charge on any atom is 0.332 e. The monoisotopic (exact) mass is 326 g/mol. The molecular formula is C19H34O4. The third kappa shape index (κ3) is 5.67. The summed E-state index contributed by atoms with van der Waals surface area (Å²) < 4.78 is 0. The van der Waals surface area contributed by atoms with E-state index in [1.165, 1.54) is 0 Å². The van der Waals surface area contributed by atoms with Gasteiger partial charge in [0.15, 0.2) is 0 Å². The Morgan fingerprint density at radius 2 is 1.61 bits per heavy atom. The van der Waals surface area contributed by atoms with Gasteiger partial charge in [0.25, 0.3) is 0 Å². The molecule has 0 saturated heterocycles. The fourth-order valence-corrected chi connectivity index (χ4v) is 3.40. The Hall–Kier alpha value is -1.32. The number of aliphatic carboxylic acids is 2. The molecule has 0 amide bonds. The summed E-state index contributed by atoms with van der Waals surface area (Å²) in [4.78, 5) is 24.2. The van der Waals surface area contributed by atoms with Crippen LogP contribution in [-0.4, -0.2) is 22.2 Å². The van der Waals surface area contributed by atoms with Crippen molar-refractivity contribution in [1.82, 2.24) is 0 Å². The average Bonchev–Trinajstić information content (AvgIpc) is 2.48. The third-order valence-electron chi connectivity index (χ3n) is 4.61. The van der Waals surface area contributed by atoms with Crippen molar-refractivity contribution < 1.29 is 19.8 Å². The summed E-state index contributed by atoms with van der Waals surface area (Å²) in [5.74, 6) is -2.21. The first-order valence-electron chi connectivity index (χ1n) is 8.96. The van der Waals surface area contributed by atoms with Gasteiger partial charge in [0.1, 0.15) is 5.41 Å². The molecule has 0 aromatic carbocycles. The minimum Gasteiger partial charge on any atom is -0.481 e. The molecule has 2 unspecified atom stereocenters. The first-order valence-corrected chi connectivity index (χ1v) is 8.96. The topological polar surface area (TPSA) is 74.6 Å². The average molecular weight is 326 g/mol. The maximum atomic E-state index is 12.3. The molecule has 0 radical (unpaired) electrons. The van der Waals surface area contributed by atoms with Gasteiger partial charge in [0.05, 0.1) is 5.57 Å². The number of carboxylic acid groups (broad SMARTS) is 2. The lowest BCUT2D eigenvalue weighted by atomic mass is 9.63. The standard InChI is InChI=1S/C19H34O4/c1-6-9-11-15(8-3)19(18(22)23,12-10-7-2)16(17(20)21)13-14(4)5/h13-15H,6-12H2,1-5H3,(H,20,21)(H,22,23). The molecule has 4 nitrogen and oxygen atoms in total. The van der Waals surface area contributed by atoms with Gasteiger partial charge in [-0.15, -0.1) is 0 Å². The van der Waals surface area contributed by atoms with Crippen LogP contribution in [0.1, 0.15) is 79.6 Å². The highest BCUT2D eigenvalue weighted by molar-refractivity contribution is 5.96. The van der Waals surface area contributed by atoms with Gasteiger partial charge in [-0.2, -0.15) is 0 Å². The number of hydrogen-bond donors (Lipinski definition) is 2. The molecule has 0 rings (SSSR count). The fraction of sp³-hybridized carbons (Fsp3) is 0.789. The van der Waals surface area contributed by atoms with E-state index in [1.807, 2.05) is 27.7 Å². The van der Waals surface area contributed by atoms with Crippen molar-refractivity contribution in [3.8, 4) is 0 Å². The van der Waals surface area contributed by atoms with E-state index in [4.69, 9.17) is 0 Å². The van der Waals surface area contributed by atoms with Crippen molar-refractivity contribution in [2.45, 2.75) is 79.6 Å². The zero-order valence-corrected chi connectivity index (χ0v) is 15.4. The number of carboxylic acids is 2. The molecule has 0 aromatic rings. The highest BCUT2D eigenvalue weighted by Crippen LogP contribution is 2.46. The van der Waals surface area contributed by atoms with Gasteiger partial charge < -0.3 is 10.2 Å². The molecule has 0 aliphatic heterocycles. The Balaban J connectivity index is 6.17. The van der Waals surface area contributed by atoms with E-state index in [-0.39, 0.29) is 17.4 Å². The van der Waals surface area contributed by atoms with Gasteiger partial charge in [0, 0.05) is 0 Å². The van der Waals surface area contributed by atoms with E-state index in [2.05, 4.69) is 6.92 Å². The van der Waals surface area contributed by atoms with E-state index in [9.17, 15) is 19.8 Å². The number of carbonyl (C=O) groups is 2. The third-order valence-corrected chi connectivity index (χ3v) is 4.61. The van der Waals surface area contributed by atoms with Crippen LogP contribution in [-0.2, 0) is 9.59 Å². The lowest BCUT2D eigenvalue weighted by Crippen LogP contribution is -2.43. The van der Waals surface area contributed by atoms with Crippen LogP contribution in [0.2, 0.25) is 0 Å². The predicted molar refractivity (Wildman–Crippen MR) is 93.5 cm³/mol. The zero-order chi connectivity index (χ0) is 18.0. The summed E-state index contributed by atoms with van der Waals surface area (Å²) >= 11 is 0. The summed E-state index contributed by atoms with van der Waals surface area (Å²) in [5.41, 5.74) is -1.20. The normalized spacial score (nSPS) is 16.2. The van der Waals surface area contributed by atoms with Gasteiger partial charge in [-0.05, 0) is 24.7 Å². The number of hydrogen-bond acceptors (Lipinski definition) is 2. The number of rotatable bonds is 12. The lowest BCUT2D eigenvalue weighted by Gasteiger charge is -2.38. The molecule has 0 aromatic heterocycles. The quantitative estimate of drug-likeness (QED) is 0.487. The summed E-state index contributed by atoms with van der Waals surface area (Å²) in [7, 11) is 0. The van der Waals surface area contributed by atoms with Gasteiger partial charge in [0.2, 0.25) is 0 Å². The van der Waals surface area contributed by atoms with Crippen LogP contribution in [0.4, 0.5) is 0 Å². The first-order chi connectivity index (χ1) is 10.8. The van der Waals surface area contributed by atoms with Crippen molar-refractivity contribution in [2.75, 3.05) is 0 Å². The fourth-order valence-electron chi connectivity index (χ4n) is 3.40. The Labute approximate surface area is 141 Å². The Morgan fingerprint density at radius 3 is 1.96 bits per heavy atom. The Morgan fingerprint density at radius 1 is 1.04 bits per heavy atom. The predicted octanol–water partition coefficient (Wildman–Crippen LogP) is 5.13. The van der Waals surface area contributed by atoms with Crippen molar-refractivity contribution in [2.24, 2.45) is 17.3 Å². The number of allylic oxidation sites excluding steroid dienone is 1. The van der Waals surface area contributed by atoms with Gasteiger partial charge in [-0.25, -0.2) is 4.79 Å². The van der Waals surface area contributed by atoms with Crippen LogP contribution in [0.15, 0.2) is 11.6 Å². The lowest BCUT2D eigenvalue weighted by molar-refractivity contribution is -0.154. The number of unbranched alkanes of at least 4 members (excludes halogenated alkanes) is 2. The largest absolute Gasteiger partial charge is 0.481 e. The summed E-state index contributed by atoms with van der Waals surface area (Å²) in [6, 6.07) is 0. The van der Waals surface area contributed by atoms with Crippen LogP contribution in [0.5, 0.6) is 0 Å². The molecular weight excluding hydrogens is 292 g/mol. The second kappa shape index (κ2) is 10.5. The molecule has 0 aliphatic rings. The van der Waals surface area contributed by atoms with Crippen molar-refractivity contribution in [1.29, 1.82) is 0 Å². The maximum absolute atomic E-state index is 12.3. The molecule has 0 fully saturated rings.